The largest absolute Gasteiger partial charge is 0.491 e. The Hall–Kier alpha value is -3.26. The number of aliphatic hydroxyl groups is 1. The normalized spacial score (nSPS) is 21.2. The van der Waals surface area contributed by atoms with Gasteiger partial charge in [-0.15, -0.1) is 0 Å². The highest BCUT2D eigenvalue weighted by Crippen LogP contribution is 2.45. The summed E-state index contributed by atoms with van der Waals surface area (Å²) < 4.78 is 94.8. The number of allylic oxidation sites excluding steroid dienone is 2. The van der Waals surface area contributed by atoms with E-state index in [1.807, 2.05) is 6.92 Å². The molecule has 2 unspecified atom stereocenters. The molecule has 8 heteroatoms. The minimum Gasteiger partial charge on any atom is -0.491 e. The highest BCUT2D eigenvalue weighted by atomic mass is 19.2. The summed E-state index contributed by atoms with van der Waals surface area (Å²) in [6.45, 7) is 3.76. The van der Waals surface area contributed by atoms with E-state index in [1.54, 1.807) is 31.2 Å². The van der Waals surface area contributed by atoms with Crippen molar-refractivity contribution in [1.82, 2.24) is 0 Å². The van der Waals surface area contributed by atoms with E-state index in [0.717, 1.165) is 0 Å². The van der Waals surface area contributed by atoms with Gasteiger partial charge < -0.3 is 9.84 Å². The molecule has 1 saturated carbocycles. The van der Waals surface area contributed by atoms with Gasteiger partial charge in [-0.3, -0.25) is 0 Å². The van der Waals surface area contributed by atoms with E-state index >= 15 is 8.78 Å². The molecule has 0 aromatic heterocycles. The fourth-order valence-electron chi connectivity index (χ4n) is 6.91. The molecule has 0 heterocycles. The number of aliphatic hydroxyl groups excluding tert-OH is 1. The zero-order chi connectivity index (χ0) is 31.5. The molecule has 1 fully saturated rings. The van der Waals surface area contributed by atoms with Gasteiger partial charge in [0, 0.05) is 11.1 Å². The first-order chi connectivity index (χ1) is 21.2. The third-order valence-electron chi connectivity index (χ3n) is 9.36. The molecule has 2 nitrogen and oxygen atoms in total. The van der Waals surface area contributed by atoms with E-state index in [1.165, 1.54) is 18.2 Å². The minimum absolute atomic E-state index is 0.0641. The number of benzene rings is 3. The van der Waals surface area contributed by atoms with Crippen LogP contribution in [0, 0.1) is 34.9 Å². The maximum Gasteiger partial charge on any atom is 0.200 e. The number of halogens is 6. The van der Waals surface area contributed by atoms with Crippen molar-refractivity contribution in [3.63, 3.8) is 0 Å². The van der Waals surface area contributed by atoms with Crippen molar-refractivity contribution in [2.45, 2.75) is 95.5 Å². The van der Waals surface area contributed by atoms with Crippen LogP contribution in [0.4, 0.5) is 26.3 Å². The zero-order valence-corrected chi connectivity index (χ0v) is 25.0. The number of ether oxygens (including phenoxy) is 1. The summed E-state index contributed by atoms with van der Waals surface area (Å²) in [6.07, 6.45) is 4.86. The van der Waals surface area contributed by atoms with Gasteiger partial charge in [-0.2, -0.15) is 4.39 Å². The van der Waals surface area contributed by atoms with Crippen molar-refractivity contribution in [2.75, 3.05) is 6.61 Å². The molecule has 0 bridgehead atoms. The molecule has 2 aliphatic rings. The monoisotopic (exact) mass is 616 g/mol. The third-order valence-corrected chi connectivity index (χ3v) is 9.36. The quantitative estimate of drug-likeness (QED) is 0.243. The van der Waals surface area contributed by atoms with E-state index in [0.29, 0.717) is 63.4 Å². The Morgan fingerprint density at radius 3 is 1.80 bits per heavy atom. The lowest BCUT2D eigenvalue weighted by molar-refractivity contribution is 0.160. The van der Waals surface area contributed by atoms with E-state index in [-0.39, 0.29) is 57.9 Å². The molecular weight excluding hydrogens is 578 g/mol. The van der Waals surface area contributed by atoms with Crippen molar-refractivity contribution in [3.05, 3.63) is 105 Å². The molecule has 3 aromatic carbocycles. The van der Waals surface area contributed by atoms with Crippen molar-refractivity contribution < 1.29 is 36.2 Å². The van der Waals surface area contributed by atoms with Crippen LogP contribution < -0.4 is 4.74 Å². The Balaban J connectivity index is 1.26. The minimum atomic E-state index is -1.07. The molecule has 0 amide bonds. The molecule has 2 atom stereocenters. The van der Waals surface area contributed by atoms with Crippen LogP contribution in [0.25, 0.3) is 5.57 Å². The molecular formula is C36H38F6O2. The van der Waals surface area contributed by atoms with E-state index < -0.39 is 41.0 Å². The highest BCUT2D eigenvalue weighted by Gasteiger charge is 2.31. The maximum absolute atomic E-state index is 15.4. The second-order valence-electron chi connectivity index (χ2n) is 12.0. The molecule has 236 valence electrons. The topological polar surface area (TPSA) is 29.5 Å². The molecule has 0 aliphatic heterocycles. The smallest absolute Gasteiger partial charge is 0.200 e. The Morgan fingerprint density at radius 2 is 1.25 bits per heavy atom. The van der Waals surface area contributed by atoms with Gasteiger partial charge in [0.1, 0.15) is 0 Å². The van der Waals surface area contributed by atoms with Gasteiger partial charge in [-0.25, -0.2) is 22.0 Å². The number of rotatable bonds is 9. The Morgan fingerprint density at radius 1 is 0.682 bits per heavy atom. The van der Waals surface area contributed by atoms with Gasteiger partial charge in [-0.05, 0) is 104 Å². The summed E-state index contributed by atoms with van der Waals surface area (Å²) in [5.74, 6) is -6.64. The van der Waals surface area contributed by atoms with Gasteiger partial charge in [0.25, 0.3) is 0 Å². The first-order valence-corrected chi connectivity index (χ1v) is 15.6. The lowest BCUT2D eigenvalue weighted by Gasteiger charge is -2.30. The van der Waals surface area contributed by atoms with Crippen LogP contribution in [0.15, 0.2) is 42.5 Å². The van der Waals surface area contributed by atoms with E-state index in [9.17, 15) is 22.7 Å². The van der Waals surface area contributed by atoms with E-state index in [4.69, 9.17) is 4.74 Å². The molecule has 5 rings (SSSR count). The van der Waals surface area contributed by atoms with Crippen molar-refractivity contribution >= 4 is 5.57 Å². The second-order valence-corrected chi connectivity index (χ2v) is 12.0. The third kappa shape index (κ3) is 6.28. The number of hydrogen-bond donors (Lipinski definition) is 1. The van der Waals surface area contributed by atoms with Gasteiger partial charge in [0.05, 0.1) is 12.7 Å². The van der Waals surface area contributed by atoms with Crippen LogP contribution in [0.1, 0.15) is 123 Å². The summed E-state index contributed by atoms with van der Waals surface area (Å²) in [5.41, 5.74) is 1.49. The Labute approximate surface area is 254 Å². The highest BCUT2D eigenvalue weighted by molar-refractivity contribution is 5.67. The van der Waals surface area contributed by atoms with Crippen LogP contribution >= 0.6 is 0 Å². The summed E-state index contributed by atoms with van der Waals surface area (Å²) in [6, 6.07) is 9.12. The summed E-state index contributed by atoms with van der Waals surface area (Å²) in [4.78, 5) is 0. The molecule has 3 aromatic rings. The zero-order valence-electron chi connectivity index (χ0n) is 25.0. The fourth-order valence-corrected chi connectivity index (χ4v) is 6.91. The van der Waals surface area contributed by atoms with Crippen molar-refractivity contribution in [2.24, 2.45) is 0 Å². The molecule has 44 heavy (non-hydrogen) atoms. The lowest BCUT2D eigenvalue weighted by atomic mass is 9.75. The second kappa shape index (κ2) is 13.8. The molecule has 0 radical (unpaired) electrons. The van der Waals surface area contributed by atoms with Crippen molar-refractivity contribution in [1.29, 1.82) is 0 Å². The van der Waals surface area contributed by atoms with Crippen LogP contribution in [-0.2, 0) is 0 Å². The predicted molar refractivity (Wildman–Crippen MR) is 159 cm³/mol. The van der Waals surface area contributed by atoms with E-state index in [2.05, 4.69) is 0 Å². The standard InChI is InChI=1S/C36H38F6O2/c1-3-5-29(43)28-17-16-26(33(39)35(28)41)22-8-6-20(7-9-22)24-14-15-25(32(38)31(24)37)21-10-12-23(13-11-21)27-18-19-30(44-4-2)36(42)34(27)40/h8,14-21,23,29,43H,3-7,9-13H2,1-2H3. The lowest BCUT2D eigenvalue weighted by Crippen LogP contribution is -2.16. The van der Waals surface area contributed by atoms with Gasteiger partial charge in [-0.1, -0.05) is 49.8 Å². The molecule has 0 saturated heterocycles. The summed E-state index contributed by atoms with van der Waals surface area (Å²) in [7, 11) is 0. The van der Waals surface area contributed by atoms with Crippen LogP contribution in [0.5, 0.6) is 5.75 Å². The predicted octanol–water partition coefficient (Wildman–Crippen LogP) is 10.5. The Kier molecular flexibility index (Phi) is 10.1. The molecule has 0 spiro atoms. The summed E-state index contributed by atoms with van der Waals surface area (Å²) >= 11 is 0. The fraction of sp³-hybridized carbons (Fsp3) is 0.444. The number of hydrogen-bond acceptors (Lipinski definition) is 2. The van der Waals surface area contributed by atoms with Gasteiger partial charge >= 0.3 is 0 Å². The van der Waals surface area contributed by atoms with Crippen LogP contribution in [0.2, 0.25) is 0 Å². The average molecular weight is 617 g/mol. The molecule has 1 N–H and O–H groups in total. The molecule has 2 aliphatic carbocycles. The van der Waals surface area contributed by atoms with Crippen molar-refractivity contribution in [3.8, 4) is 5.75 Å². The van der Waals surface area contributed by atoms with Crippen LogP contribution in [0.3, 0.4) is 0 Å². The average Bonchev–Trinajstić information content (AvgIpc) is 3.03. The van der Waals surface area contributed by atoms with Crippen LogP contribution in [-0.4, -0.2) is 11.7 Å². The summed E-state index contributed by atoms with van der Waals surface area (Å²) in [5, 5.41) is 10.1. The first-order valence-electron chi connectivity index (χ1n) is 15.6. The SMILES string of the molecule is CCCC(O)c1ccc(C2=CCC(c3ccc(C4CCC(c5ccc(OCC)c(F)c5F)CC4)c(F)c3F)CC2)c(F)c1F. The maximum atomic E-state index is 15.4. The first kappa shape index (κ1) is 32.1. The Bertz CT molecular complexity index is 1530. The van der Waals surface area contributed by atoms with Gasteiger partial charge in [0.15, 0.2) is 34.8 Å². The van der Waals surface area contributed by atoms with Gasteiger partial charge in [0.2, 0.25) is 5.82 Å².